The summed E-state index contributed by atoms with van der Waals surface area (Å²) in [6, 6.07) is 12.3. The van der Waals surface area contributed by atoms with Crippen molar-refractivity contribution in [2.75, 3.05) is 17.2 Å². The van der Waals surface area contributed by atoms with Crippen molar-refractivity contribution in [2.24, 2.45) is 0 Å². The Morgan fingerprint density at radius 3 is 2.58 bits per heavy atom. The molecule has 19 heavy (non-hydrogen) atoms. The van der Waals surface area contributed by atoms with Gasteiger partial charge in [-0.15, -0.1) is 0 Å². The van der Waals surface area contributed by atoms with Gasteiger partial charge in [0.2, 0.25) is 0 Å². The molecule has 2 rings (SSSR count). The Bertz CT molecular complexity index is 523. The number of nitrogens with two attached hydrogens (primary N) is 1. The summed E-state index contributed by atoms with van der Waals surface area (Å²) in [6.45, 7) is 5.13. The van der Waals surface area contributed by atoms with Crippen molar-refractivity contribution in [2.45, 2.75) is 26.7 Å². The Kier molecular flexibility index (Phi) is 4.39. The van der Waals surface area contributed by atoms with Gasteiger partial charge < -0.3 is 10.6 Å². The summed E-state index contributed by atoms with van der Waals surface area (Å²) in [7, 11) is 0. The van der Waals surface area contributed by atoms with Crippen LogP contribution in [0.4, 0.5) is 17.2 Å². The van der Waals surface area contributed by atoms with E-state index in [2.05, 4.69) is 28.9 Å². The van der Waals surface area contributed by atoms with Gasteiger partial charge in [0.25, 0.3) is 0 Å². The van der Waals surface area contributed by atoms with E-state index in [0.29, 0.717) is 0 Å². The average Bonchev–Trinajstić information content (AvgIpc) is 2.44. The standard InChI is InChI=1S/C16H21N3/c1-3-4-10-19(14-8-6-5-7-9-14)16-11-15(17)13(2)12-18-16/h5-9,11-12H,3-4,10H2,1-2H3,(H2,17,18). The predicted octanol–water partition coefficient (Wildman–Crippen LogP) is 3.91. The lowest BCUT2D eigenvalue weighted by molar-refractivity contribution is 0.779. The topological polar surface area (TPSA) is 42.1 Å². The van der Waals surface area contributed by atoms with Crippen LogP contribution >= 0.6 is 0 Å². The van der Waals surface area contributed by atoms with E-state index in [1.165, 1.54) is 0 Å². The van der Waals surface area contributed by atoms with Crippen LogP contribution in [-0.4, -0.2) is 11.5 Å². The summed E-state index contributed by atoms with van der Waals surface area (Å²) in [5, 5.41) is 0. The van der Waals surface area contributed by atoms with Crippen LogP contribution in [0.3, 0.4) is 0 Å². The maximum absolute atomic E-state index is 6.00. The first kappa shape index (κ1) is 13.4. The van der Waals surface area contributed by atoms with Crippen LogP contribution in [0.5, 0.6) is 0 Å². The van der Waals surface area contributed by atoms with Crippen molar-refractivity contribution in [3.05, 3.63) is 48.2 Å². The molecule has 0 bridgehead atoms. The molecule has 0 saturated carbocycles. The van der Waals surface area contributed by atoms with E-state index in [0.717, 1.165) is 42.1 Å². The Morgan fingerprint density at radius 2 is 1.95 bits per heavy atom. The van der Waals surface area contributed by atoms with Crippen LogP contribution in [-0.2, 0) is 0 Å². The van der Waals surface area contributed by atoms with E-state index in [1.54, 1.807) is 0 Å². The van der Waals surface area contributed by atoms with Gasteiger partial charge in [-0.2, -0.15) is 0 Å². The lowest BCUT2D eigenvalue weighted by atomic mass is 10.2. The fraction of sp³-hybridized carbons (Fsp3) is 0.312. The predicted molar refractivity (Wildman–Crippen MR) is 81.7 cm³/mol. The normalized spacial score (nSPS) is 10.4. The number of para-hydroxylation sites is 1. The van der Waals surface area contributed by atoms with E-state index >= 15 is 0 Å². The van der Waals surface area contributed by atoms with Crippen LogP contribution in [0.2, 0.25) is 0 Å². The number of benzene rings is 1. The summed E-state index contributed by atoms with van der Waals surface area (Å²) in [5.74, 6) is 0.919. The third-order valence-electron chi connectivity index (χ3n) is 3.21. The molecule has 1 heterocycles. The quantitative estimate of drug-likeness (QED) is 0.880. The second-order valence-corrected chi connectivity index (χ2v) is 4.74. The number of rotatable bonds is 5. The third-order valence-corrected chi connectivity index (χ3v) is 3.21. The highest BCUT2D eigenvalue weighted by Crippen LogP contribution is 2.26. The lowest BCUT2D eigenvalue weighted by Crippen LogP contribution is -2.19. The first-order chi connectivity index (χ1) is 9.22. The Morgan fingerprint density at radius 1 is 1.21 bits per heavy atom. The zero-order valence-corrected chi connectivity index (χ0v) is 11.6. The maximum atomic E-state index is 6.00. The van der Waals surface area contributed by atoms with Crippen molar-refractivity contribution >= 4 is 17.2 Å². The van der Waals surface area contributed by atoms with Gasteiger partial charge in [0.15, 0.2) is 0 Å². The van der Waals surface area contributed by atoms with Crippen molar-refractivity contribution in [1.82, 2.24) is 4.98 Å². The second kappa shape index (κ2) is 6.23. The zero-order chi connectivity index (χ0) is 13.7. The van der Waals surface area contributed by atoms with Gasteiger partial charge in [-0.05, 0) is 31.0 Å². The summed E-state index contributed by atoms with van der Waals surface area (Å²) in [5.41, 5.74) is 8.97. The minimum atomic E-state index is 0.794. The van der Waals surface area contributed by atoms with E-state index in [1.807, 2.05) is 37.4 Å². The van der Waals surface area contributed by atoms with Gasteiger partial charge in [-0.1, -0.05) is 31.5 Å². The Labute approximate surface area is 115 Å². The molecule has 0 unspecified atom stereocenters. The van der Waals surface area contributed by atoms with Crippen molar-refractivity contribution < 1.29 is 0 Å². The number of pyridine rings is 1. The van der Waals surface area contributed by atoms with Gasteiger partial charge in [0.1, 0.15) is 5.82 Å². The van der Waals surface area contributed by atoms with Gasteiger partial charge in [0, 0.05) is 30.2 Å². The number of hydrogen-bond donors (Lipinski definition) is 1. The lowest BCUT2D eigenvalue weighted by Gasteiger charge is -2.24. The van der Waals surface area contributed by atoms with Crippen LogP contribution in [0.15, 0.2) is 42.6 Å². The molecule has 100 valence electrons. The molecule has 1 aromatic carbocycles. The summed E-state index contributed by atoms with van der Waals surface area (Å²) in [4.78, 5) is 6.74. The Hall–Kier alpha value is -2.03. The largest absolute Gasteiger partial charge is 0.398 e. The molecule has 2 N–H and O–H groups in total. The van der Waals surface area contributed by atoms with Crippen molar-refractivity contribution in [1.29, 1.82) is 0 Å². The minimum Gasteiger partial charge on any atom is -0.398 e. The number of nitrogens with zero attached hydrogens (tertiary/aromatic N) is 2. The fourth-order valence-corrected chi connectivity index (χ4v) is 1.98. The van der Waals surface area contributed by atoms with Crippen molar-refractivity contribution in [3.63, 3.8) is 0 Å². The molecule has 0 fully saturated rings. The summed E-state index contributed by atoms with van der Waals surface area (Å²) in [6.07, 6.45) is 4.13. The highest BCUT2D eigenvalue weighted by atomic mass is 15.2. The summed E-state index contributed by atoms with van der Waals surface area (Å²) < 4.78 is 0. The van der Waals surface area contributed by atoms with Gasteiger partial charge in [-0.3, -0.25) is 0 Å². The molecule has 0 amide bonds. The molecule has 0 radical (unpaired) electrons. The molecule has 0 saturated heterocycles. The van der Waals surface area contributed by atoms with E-state index < -0.39 is 0 Å². The highest BCUT2D eigenvalue weighted by Gasteiger charge is 2.10. The molecule has 0 aliphatic carbocycles. The second-order valence-electron chi connectivity index (χ2n) is 4.74. The summed E-state index contributed by atoms with van der Waals surface area (Å²) >= 11 is 0. The van der Waals surface area contributed by atoms with Crippen molar-refractivity contribution in [3.8, 4) is 0 Å². The minimum absolute atomic E-state index is 0.794. The van der Waals surface area contributed by atoms with Gasteiger partial charge in [-0.25, -0.2) is 4.98 Å². The van der Waals surface area contributed by atoms with E-state index in [-0.39, 0.29) is 0 Å². The maximum Gasteiger partial charge on any atom is 0.134 e. The molecule has 0 aliphatic rings. The Balaban J connectivity index is 2.34. The molecule has 0 aliphatic heterocycles. The number of unbranched alkanes of at least 4 members (excludes halogenated alkanes) is 1. The van der Waals surface area contributed by atoms with Crippen LogP contribution in [0.1, 0.15) is 25.3 Å². The number of nitrogen functional groups attached to an aromatic ring is 1. The SMILES string of the molecule is CCCCN(c1ccccc1)c1cc(N)c(C)cn1. The number of aromatic nitrogens is 1. The number of aryl methyl sites for hydroxylation is 1. The van der Waals surface area contributed by atoms with E-state index in [9.17, 15) is 0 Å². The first-order valence-electron chi connectivity index (χ1n) is 6.77. The molecule has 0 atom stereocenters. The molecular weight excluding hydrogens is 234 g/mol. The fourth-order valence-electron chi connectivity index (χ4n) is 1.98. The smallest absolute Gasteiger partial charge is 0.134 e. The molecule has 2 aromatic rings. The third kappa shape index (κ3) is 3.25. The number of anilines is 3. The molecule has 3 nitrogen and oxygen atoms in total. The monoisotopic (exact) mass is 255 g/mol. The molecule has 3 heteroatoms. The van der Waals surface area contributed by atoms with Crippen LogP contribution < -0.4 is 10.6 Å². The molecule has 0 spiro atoms. The average molecular weight is 255 g/mol. The zero-order valence-electron chi connectivity index (χ0n) is 11.6. The van der Waals surface area contributed by atoms with Crippen LogP contribution in [0.25, 0.3) is 0 Å². The highest BCUT2D eigenvalue weighted by molar-refractivity contribution is 5.64. The van der Waals surface area contributed by atoms with Crippen LogP contribution in [0, 0.1) is 6.92 Å². The first-order valence-corrected chi connectivity index (χ1v) is 6.77. The van der Waals surface area contributed by atoms with Gasteiger partial charge in [0.05, 0.1) is 0 Å². The molecule has 1 aromatic heterocycles. The van der Waals surface area contributed by atoms with Gasteiger partial charge >= 0.3 is 0 Å². The molecular formula is C16H21N3. The van der Waals surface area contributed by atoms with E-state index in [4.69, 9.17) is 5.73 Å². The number of hydrogen-bond acceptors (Lipinski definition) is 3.